The third-order valence-corrected chi connectivity index (χ3v) is 3.97. The lowest BCUT2D eigenvalue weighted by atomic mass is 9.94. The van der Waals surface area contributed by atoms with Crippen LogP contribution in [-0.4, -0.2) is 11.9 Å². The summed E-state index contributed by atoms with van der Waals surface area (Å²) in [4.78, 5) is 1.72. The van der Waals surface area contributed by atoms with E-state index in [1.165, 1.54) is 12.1 Å². The Bertz CT molecular complexity index is 809. The van der Waals surface area contributed by atoms with Crippen LogP contribution in [0.25, 0.3) is 11.3 Å². The fourth-order valence-corrected chi connectivity index (χ4v) is 2.77. The predicted molar refractivity (Wildman–Crippen MR) is 102 cm³/mol. The summed E-state index contributed by atoms with van der Waals surface area (Å²) in [5, 5.41) is 0. The van der Waals surface area contributed by atoms with E-state index in [1.807, 2.05) is 56.3 Å². The average Bonchev–Trinajstić information content (AvgIpc) is 2.60. The average molecular weight is 339 g/mol. The topological polar surface area (TPSA) is 3.24 Å². The summed E-state index contributed by atoms with van der Waals surface area (Å²) in [7, 11) is 1.77. The second kappa shape index (κ2) is 7.93. The second-order valence-corrected chi connectivity index (χ2v) is 5.62. The minimum atomic E-state index is -0.569. The third-order valence-electron chi connectivity index (χ3n) is 3.97. The first-order chi connectivity index (χ1) is 12.0. The van der Waals surface area contributed by atoms with Gasteiger partial charge in [-0.15, -0.1) is 0 Å². The lowest BCUT2D eigenvalue weighted by Crippen LogP contribution is -2.20. The van der Waals surface area contributed by atoms with E-state index in [9.17, 15) is 8.78 Å². The van der Waals surface area contributed by atoms with Crippen LogP contribution in [0.3, 0.4) is 0 Å². The molecule has 0 unspecified atom stereocenters. The molecular weight excluding hydrogens is 316 g/mol. The van der Waals surface area contributed by atoms with Crippen LogP contribution in [0.4, 0.5) is 8.78 Å². The number of aryl methyl sites for hydroxylation is 1. The van der Waals surface area contributed by atoms with Crippen molar-refractivity contribution in [3.05, 3.63) is 95.2 Å². The predicted octanol–water partition coefficient (Wildman–Crippen LogP) is 6.18. The molecule has 1 aliphatic heterocycles. The molecule has 0 aromatic heterocycles. The number of rotatable bonds is 2. The molecule has 0 N–H and O–H groups in total. The smallest absolute Gasteiger partial charge is 0.135 e. The van der Waals surface area contributed by atoms with E-state index >= 15 is 0 Å². The van der Waals surface area contributed by atoms with Gasteiger partial charge in [0.05, 0.1) is 11.3 Å². The van der Waals surface area contributed by atoms with E-state index < -0.39 is 11.6 Å². The van der Waals surface area contributed by atoms with Gasteiger partial charge in [-0.05, 0) is 36.3 Å². The minimum Gasteiger partial charge on any atom is -0.344 e. The van der Waals surface area contributed by atoms with Crippen LogP contribution < -0.4 is 0 Å². The molecule has 3 heteroatoms. The molecule has 0 atom stereocenters. The van der Waals surface area contributed by atoms with Crippen molar-refractivity contribution in [2.45, 2.75) is 20.8 Å². The van der Waals surface area contributed by atoms with Gasteiger partial charge in [0.15, 0.2) is 0 Å². The number of likely N-dealkylation sites (N-methyl/N-ethyl adjacent to an activating group) is 1. The van der Waals surface area contributed by atoms with Gasteiger partial charge >= 0.3 is 0 Å². The lowest BCUT2D eigenvalue weighted by molar-refractivity contribution is 0.550. The van der Waals surface area contributed by atoms with Crippen molar-refractivity contribution < 1.29 is 8.78 Å². The molecule has 0 amide bonds. The molecule has 0 saturated heterocycles. The van der Waals surface area contributed by atoms with Crippen LogP contribution in [0.15, 0.2) is 66.9 Å². The molecule has 25 heavy (non-hydrogen) atoms. The van der Waals surface area contributed by atoms with Gasteiger partial charge in [-0.3, -0.25) is 0 Å². The summed E-state index contributed by atoms with van der Waals surface area (Å²) >= 11 is 0. The monoisotopic (exact) mass is 339 g/mol. The maximum Gasteiger partial charge on any atom is 0.135 e. The second-order valence-electron chi connectivity index (χ2n) is 5.62. The van der Waals surface area contributed by atoms with Gasteiger partial charge in [-0.2, -0.15) is 0 Å². The van der Waals surface area contributed by atoms with Gasteiger partial charge < -0.3 is 4.90 Å². The Balaban J connectivity index is 0.00000109. The zero-order valence-corrected chi connectivity index (χ0v) is 15.1. The molecule has 2 aromatic rings. The fraction of sp³-hybridized carbons (Fsp3) is 0.182. The highest BCUT2D eigenvalue weighted by atomic mass is 19.1. The first kappa shape index (κ1) is 18.7. The van der Waals surface area contributed by atoms with Gasteiger partial charge in [0.1, 0.15) is 11.6 Å². The molecule has 0 spiro atoms. The molecule has 2 aromatic carbocycles. The molecule has 0 aliphatic carbocycles. The van der Waals surface area contributed by atoms with Crippen molar-refractivity contribution in [3.8, 4) is 0 Å². The Morgan fingerprint density at radius 2 is 1.48 bits per heavy atom. The van der Waals surface area contributed by atoms with Crippen LogP contribution in [-0.2, 0) is 0 Å². The summed E-state index contributed by atoms with van der Waals surface area (Å²) in [5.74, 6) is -1.14. The Labute approximate surface area is 148 Å². The largest absolute Gasteiger partial charge is 0.344 e. The molecule has 3 rings (SSSR count). The van der Waals surface area contributed by atoms with E-state index in [-0.39, 0.29) is 5.56 Å². The maximum absolute atomic E-state index is 14.5. The van der Waals surface area contributed by atoms with E-state index in [1.54, 1.807) is 18.9 Å². The first-order valence-corrected chi connectivity index (χ1v) is 8.35. The summed E-state index contributed by atoms with van der Waals surface area (Å²) in [6.45, 7) is 9.61. The Kier molecular flexibility index (Phi) is 5.92. The highest BCUT2D eigenvalue weighted by Crippen LogP contribution is 2.37. The molecule has 0 fully saturated rings. The highest BCUT2D eigenvalue weighted by molar-refractivity contribution is 5.97. The van der Waals surface area contributed by atoms with Crippen molar-refractivity contribution in [2.24, 2.45) is 0 Å². The number of nitrogens with zero attached hydrogens (tertiary/aromatic N) is 1. The van der Waals surface area contributed by atoms with E-state index in [0.717, 1.165) is 11.1 Å². The zero-order chi connectivity index (χ0) is 18.6. The fourth-order valence-electron chi connectivity index (χ4n) is 2.77. The van der Waals surface area contributed by atoms with Crippen LogP contribution in [0.5, 0.6) is 0 Å². The highest BCUT2D eigenvalue weighted by Gasteiger charge is 2.24. The van der Waals surface area contributed by atoms with Crippen LogP contribution in [0.1, 0.15) is 30.5 Å². The number of hydrogen-bond acceptors (Lipinski definition) is 1. The third kappa shape index (κ3) is 3.71. The van der Waals surface area contributed by atoms with Gasteiger partial charge in [-0.1, -0.05) is 56.8 Å². The van der Waals surface area contributed by atoms with Gasteiger partial charge in [-0.25, -0.2) is 8.78 Å². The standard InChI is InChI=1S/C20H17F2N.C2H6/c1-13-11-17(21)19(18(22)12-13)20-16(10-9-14(2)23(20)3)15-7-5-4-6-8-15;1-2/h4-12H,2H2,1,3H3;1-2H3. The van der Waals surface area contributed by atoms with Gasteiger partial charge in [0.2, 0.25) is 0 Å². The molecule has 0 bridgehead atoms. The molecule has 0 saturated carbocycles. The van der Waals surface area contributed by atoms with Crippen LogP contribution >= 0.6 is 0 Å². The SMILES string of the molecule is C=C1C=CC(c2ccccc2)=C(c2c(F)cc(C)cc2F)N1C.CC. The Morgan fingerprint density at radius 1 is 0.920 bits per heavy atom. The molecular formula is C22H23F2N. The van der Waals surface area contributed by atoms with Crippen LogP contribution in [0, 0.1) is 18.6 Å². The number of hydrogen-bond donors (Lipinski definition) is 0. The summed E-state index contributed by atoms with van der Waals surface area (Å²) in [6.07, 6.45) is 3.70. The van der Waals surface area contributed by atoms with Gasteiger partial charge in [0, 0.05) is 18.3 Å². The summed E-state index contributed by atoms with van der Waals surface area (Å²) in [6, 6.07) is 12.3. The Hall–Kier alpha value is -2.68. The molecule has 1 nitrogen and oxygen atoms in total. The molecule has 1 heterocycles. The molecule has 130 valence electrons. The number of allylic oxidation sites excluding steroid dienone is 3. The normalized spacial score (nSPS) is 13.7. The number of halogens is 2. The quantitative estimate of drug-likeness (QED) is 0.631. The van der Waals surface area contributed by atoms with Gasteiger partial charge in [0.25, 0.3) is 0 Å². The summed E-state index contributed by atoms with van der Waals surface area (Å²) in [5.41, 5.74) is 3.36. The summed E-state index contributed by atoms with van der Waals surface area (Å²) < 4.78 is 29.1. The number of benzene rings is 2. The maximum atomic E-state index is 14.5. The van der Waals surface area contributed by atoms with E-state index in [2.05, 4.69) is 6.58 Å². The van der Waals surface area contributed by atoms with Crippen LogP contribution in [0.2, 0.25) is 0 Å². The Morgan fingerprint density at radius 3 is 2.04 bits per heavy atom. The minimum absolute atomic E-state index is 0.0255. The lowest BCUT2D eigenvalue weighted by Gasteiger charge is -2.30. The zero-order valence-electron chi connectivity index (χ0n) is 15.1. The first-order valence-electron chi connectivity index (χ1n) is 8.35. The van der Waals surface area contributed by atoms with Crippen molar-refractivity contribution in [3.63, 3.8) is 0 Å². The van der Waals surface area contributed by atoms with Crippen molar-refractivity contribution in [2.75, 3.05) is 7.05 Å². The van der Waals surface area contributed by atoms with E-state index in [4.69, 9.17) is 0 Å². The molecule has 0 radical (unpaired) electrons. The van der Waals surface area contributed by atoms with E-state index in [0.29, 0.717) is 17.0 Å². The van der Waals surface area contributed by atoms with Crippen molar-refractivity contribution >= 4 is 11.3 Å². The molecule has 1 aliphatic rings. The van der Waals surface area contributed by atoms with Crippen molar-refractivity contribution in [1.29, 1.82) is 0 Å². The van der Waals surface area contributed by atoms with Crippen molar-refractivity contribution in [1.82, 2.24) is 4.90 Å².